The van der Waals surface area contributed by atoms with E-state index in [9.17, 15) is 9.59 Å². The summed E-state index contributed by atoms with van der Waals surface area (Å²) in [7, 11) is 0. The molecule has 0 radical (unpaired) electrons. The molecule has 1 aliphatic rings. The van der Waals surface area contributed by atoms with E-state index in [2.05, 4.69) is 20.6 Å². The molecule has 1 aromatic heterocycles. The van der Waals surface area contributed by atoms with Crippen LogP contribution in [0.15, 0.2) is 45.5 Å². The minimum atomic E-state index is -0.775. The van der Waals surface area contributed by atoms with Crippen LogP contribution < -0.4 is 5.32 Å². The molecule has 112 valence electrons. The Kier molecular flexibility index (Phi) is 3.76. The summed E-state index contributed by atoms with van der Waals surface area (Å²) in [5, 5.41) is 13.0. The van der Waals surface area contributed by atoms with Crippen LogP contribution in [0.1, 0.15) is 11.4 Å². The van der Waals surface area contributed by atoms with Gasteiger partial charge in [-0.1, -0.05) is 35.1 Å². The Hall–Kier alpha value is -2.48. The van der Waals surface area contributed by atoms with E-state index in [0.29, 0.717) is 0 Å². The van der Waals surface area contributed by atoms with Crippen molar-refractivity contribution in [3.8, 4) is 5.69 Å². The number of aromatic nitrogens is 2. The van der Waals surface area contributed by atoms with Gasteiger partial charge in [0.2, 0.25) is 0 Å². The van der Waals surface area contributed by atoms with E-state index < -0.39 is 17.3 Å². The Morgan fingerprint density at radius 2 is 1.91 bits per heavy atom. The predicted molar refractivity (Wildman–Crippen MR) is 81.1 cm³/mol. The molecular weight excluding hydrogens is 302 g/mol. The highest BCUT2D eigenvalue weighted by Crippen LogP contribution is 2.32. The van der Waals surface area contributed by atoms with Crippen molar-refractivity contribution in [1.29, 1.82) is 0 Å². The Morgan fingerprint density at radius 1 is 1.18 bits per heavy atom. The predicted octanol–water partition coefficient (Wildman–Crippen LogP) is 2.61. The molecular formula is C14H13N5O2S. The number of thioether (sulfide) groups is 1. The summed E-state index contributed by atoms with van der Waals surface area (Å²) in [6, 6.07) is 9.00. The van der Waals surface area contributed by atoms with Crippen molar-refractivity contribution in [3.05, 3.63) is 41.7 Å². The van der Waals surface area contributed by atoms with E-state index in [4.69, 9.17) is 0 Å². The number of benzene rings is 1. The number of rotatable bonds is 3. The molecule has 0 saturated heterocycles. The van der Waals surface area contributed by atoms with Gasteiger partial charge in [0.25, 0.3) is 5.91 Å². The second-order valence-electron chi connectivity index (χ2n) is 4.73. The molecule has 0 saturated carbocycles. The molecule has 1 N–H and O–H groups in total. The SMILES string of the molecule is Cc1nn(-c2ccccc2)c(C)c1SC1N=NC(=O)NC1=O. The molecule has 3 rings (SSSR count). The van der Waals surface area contributed by atoms with E-state index in [1.807, 2.05) is 48.9 Å². The average Bonchev–Trinajstić information content (AvgIpc) is 2.79. The molecule has 0 spiro atoms. The molecule has 0 fully saturated rings. The number of imide groups is 1. The first-order valence-corrected chi connectivity index (χ1v) is 7.48. The Labute approximate surface area is 130 Å². The number of amides is 3. The summed E-state index contributed by atoms with van der Waals surface area (Å²) < 4.78 is 1.82. The molecule has 2 aromatic rings. The Morgan fingerprint density at radius 3 is 2.59 bits per heavy atom. The van der Waals surface area contributed by atoms with Crippen LogP contribution in [-0.4, -0.2) is 27.1 Å². The second-order valence-corrected chi connectivity index (χ2v) is 5.82. The fourth-order valence-corrected chi connectivity index (χ4v) is 3.11. The number of carbonyl (C=O) groups excluding carboxylic acids is 2. The number of azo groups is 1. The molecule has 1 atom stereocenters. The lowest BCUT2D eigenvalue weighted by molar-refractivity contribution is -0.119. The minimum Gasteiger partial charge on any atom is -0.272 e. The topological polar surface area (TPSA) is 88.7 Å². The zero-order valence-electron chi connectivity index (χ0n) is 12.0. The Bertz CT molecular complexity index is 769. The standard InChI is InChI=1S/C14H13N5O2S/c1-8-11(22-13-12(20)15-14(21)17-16-13)9(2)19(18-8)10-6-4-3-5-7-10/h3-7,13H,1-2H3,(H,15,20,21). The molecule has 0 bridgehead atoms. The summed E-state index contributed by atoms with van der Waals surface area (Å²) in [5.74, 6) is -0.462. The second kappa shape index (κ2) is 5.72. The fourth-order valence-electron chi connectivity index (χ4n) is 2.16. The van der Waals surface area contributed by atoms with E-state index in [1.54, 1.807) is 0 Å². The Balaban J connectivity index is 1.93. The van der Waals surface area contributed by atoms with E-state index in [1.165, 1.54) is 11.8 Å². The molecule has 2 heterocycles. The highest BCUT2D eigenvalue weighted by atomic mass is 32.2. The van der Waals surface area contributed by atoms with Crippen LogP contribution in [0.25, 0.3) is 5.69 Å². The number of urea groups is 1. The molecule has 3 amide bonds. The number of hydrogen-bond donors (Lipinski definition) is 1. The van der Waals surface area contributed by atoms with Gasteiger partial charge in [0.1, 0.15) is 0 Å². The molecule has 22 heavy (non-hydrogen) atoms. The third-order valence-electron chi connectivity index (χ3n) is 3.16. The average molecular weight is 315 g/mol. The zero-order chi connectivity index (χ0) is 15.7. The fraction of sp³-hybridized carbons (Fsp3) is 0.214. The summed E-state index contributed by atoms with van der Waals surface area (Å²) in [5.41, 5.74) is 2.65. The van der Waals surface area contributed by atoms with Gasteiger partial charge in [0.15, 0.2) is 5.37 Å². The maximum Gasteiger partial charge on any atom is 0.366 e. The van der Waals surface area contributed by atoms with Gasteiger partial charge in [0, 0.05) is 0 Å². The van der Waals surface area contributed by atoms with Crippen LogP contribution in [0.3, 0.4) is 0 Å². The summed E-state index contributed by atoms with van der Waals surface area (Å²) in [6.45, 7) is 3.80. The van der Waals surface area contributed by atoms with Crippen molar-refractivity contribution in [1.82, 2.24) is 15.1 Å². The largest absolute Gasteiger partial charge is 0.366 e. The van der Waals surface area contributed by atoms with E-state index in [0.717, 1.165) is 22.0 Å². The lowest BCUT2D eigenvalue weighted by Crippen LogP contribution is -2.38. The van der Waals surface area contributed by atoms with Crippen LogP contribution in [0.2, 0.25) is 0 Å². The van der Waals surface area contributed by atoms with Gasteiger partial charge in [0.05, 0.1) is 22.0 Å². The number of para-hydroxylation sites is 1. The number of aryl methyl sites for hydroxylation is 1. The number of hydrogen-bond acceptors (Lipinski definition) is 5. The monoisotopic (exact) mass is 315 g/mol. The van der Waals surface area contributed by atoms with Crippen LogP contribution in [-0.2, 0) is 4.79 Å². The van der Waals surface area contributed by atoms with Crippen molar-refractivity contribution < 1.29 is 9.59 Å². The van der Waals surface area contributed by atoms with Crippen molar-refractivity contribution in [2.45, 2.75) is 24.1 Å². The van der Waals surface area contributed by atoms with Gasteiger partial charge in [-0.2, -0.15) is 10.2 Å². The first-order chi connectivity index (χ1) is 10.6. The minimum absolute atomic E-state index is 0.462. The lowest BCUT2D eigenvalue weighted by Gasteiger charge is -2.13. The van der Waals surface area contributed by atoms with Gasteiger partial charge in [-0.25, -0.2) is 9.48 Å². The van der Waals surface area contributed by atoms with E-state index >= 15 is 0 Å². The van der Waals surface area contributed by atoms with Crippen LogP contribution in [0.4, 0.5) is 4.79 Å². The third kappa shape index (κ3) is 2.64. The van der Waals surface area contributed by atoms with Crippen molar-refractivity contribution in [2.24, 2.45) is 10.2 Å². The van der Waals surface area contributed by atoms with Crippen molar-refractivity contribution in [3.63, 3.8) is 0 Å². The summed E-state index contributed by atoms with van der Waals surface area (Å²) in [4.78, 5) is 23.6. The third-order valence-corrected chi connectivity index (χ3v) is 4.52. The summed E-state index contributed by atoms with van der Waals surface area (Å²) in [6.07, 6.45) is 0. The maximum atomic E-state index is 11.8. The highest BCUT2D eigenvalue weighted by molar-refractivity contribution is 8.00. The maximum absolute atomic E-state index is 11.8. The number of nitrogens with zero attached hydrogens (tertiary/aromatic N) is 4. The molecule has 8 heteroatoms. The smallest absolute Gasteiger partial charge is 0.272 e. The summed E-state index contributed by atoms with van der Waals surface area (Å²) >= 11 is 1.24. The first kappa shape index (κ1) is 14.5. The van der Waals surface area contributed by atoms with Gasteiger partial charge in [-0.05, 0) is 26.0 Å². The molecule has 0 aliphatic carbocycles. The number of nitrogens with one attached hydrogen (secondary N) is 1. The van der Waals surface area contributed by atoms with Crippen LogP contribution in [0.5, 0.6) is 0 Å². The molecule has 1 unspecified atom stereocenters. The van der Waals surface area contributed by atoms with Gasteiger partial charge in [-0.3, -0.25) is 10.1 Å². The van der Waals surface area contributed by atoms with Crippen molar-refractivity contribution >= 4 is 23.7 Å². The quantitative estimate of drug-likeness (QED) is 0.943. The van der Waals surface area contributed by atoms with Gasteiger partial charge < -0.3 is 0 Å². The molecule has 7 nitrogen and oxygen atoms in total. The van der Waals surface area contributed by atoms with Crippen molar-refractivity contribution in [2.75, 3.05) is 0 Å². The van der Waals surface area contributed by atoms with E-state index in [-0.39, 0.29) is 0 Å². The van der Waals surface area contributed by atoms with Gasteiger partial charge in [-0.15, -0.1) is 0 Å². The number of carbonyl (C=O) groups is 2. The van der Waals surface area contributed by atoms with Crippen LogP contribution >= 0.6 is 11.8 Å². The molecule has 1 aliphatic heterocycles. The molecule has 1 aromatic carbocycles. The zero-order valence-corrected chi connectivity index (χ0v) is 12.8. The highest BCUT2D eigenvalue weighted by Gasteiger charge is 2.28. The first-order valence-electron chi connectivity index (χ1n) is 6.60. The van der Waals surface area contributed by atoms with Gasteiger partial charge >= 0.3 is 6.03 Å². The lowest BCUT2D eigenvalue weighted by atomic mass is 10.3. The normalized spacial score (nSPS) is 17.6. The van der Waals surface area contributed by atoms with Crippen LogP contribution in [0, 0.1) is 13.8 Å².